The van der Waals surface area contributed by atoms with Gasteiger partial charge in [-0.05, 0) is 29.3 Å². The normalized spacial score (nSPS) is 13.2. The van der Waals surface area contributed by atoms with E-state index in [1.165, 1.54) is 0 Å². The van der Waals surface area contributed by atoms with Crippen molar-refractivity contribution in [1.82, 2.24) is 0 Å². The minimum absolute atomic E-state index is 0.0362. The highest BCUT2D eigenvalue weighted by molar-refractivity contribution is 6.74. The Labute approximate surface area is 182 Å². The molecule has 0 aromatic heterocycles. The minimum atomic E-state index is -1.86. The molecular formula is C25H36O4Si. The van der Waals surface area contributed by atoms with Gasteiger partial charge in [0.2, 0.25) is 0 Å². The smallest absolute Gasteiger partial charge is 0.191 e. The van der Waals surface area contributed by atoms with E-state index >= 15 is 0 Å². The third kappa shape index (κ3) is 8.15. The molecule has 0 aliphatic heterocycles. The molecule has 0 fully saturated rings. The number of ketones is 1. The molecule has 0 aliphatic carbocycles. The predicted octanol–water partition coefficient (Wildman–Crippen LogP) is 5.77. The van der Waals surface area contributed by atoms with Crippen molar-refractivity contribution in [3.63, 3.8) is 0 Å². The Morgan fingerprint density at radius 2 is 1.43 bits per heavy atom. The SMILES string of the molecule is CC(C)(C)[Si](C)(C)OCC[C@H](OCc1ccccc1)C(=O)COCc1ccccc1. The molecule has 0 heterocycles. The van der Waals surface area contributed by atoms with Crippen molar-refractivity contribution < 1.29 is 18.7 Å². The summed E-state index contributed by atoms with van der Waals surface area (Å²) in [5.74, 6) is -0.0410. The van der Waals surface area contributed by atoms with Crippen molar-refractivity contribution in [2.75, 3.05) is 13.2 Å². The van der Waals surface area contributed by atoms with Gasteiger partial charge in [0.05, 0.1) is 13.2 Å². The lowest BCUT2D eigenvalue weighted by Crippen LogP contribution is -2.42. The van der Waals surface area contributed by atoms with Crippen LogP contribution in [0.1, 0.15) is 38.3 Å². The number of carbonyl (C=O) groups excluding carboxylic acids is 1. The maximum absolute atomic E-state index is 12.8. The summed E-state index contributed by atoms with van der Waals surface area (Å²) >= 11 is 0. The molecule has 2 aromatic rings. The van der Waals surface area contributed by atoms with Gasteiger partial charge in [0, 0.05) is 13.0 Å². The molecule has 1 atom stereocenters. The van der Waals surface area contributed by atoms with Crippen molar-refractivity contribution >= 4 is 14.1 Å². The quantitative estimate of drug-likeness (QED) is 0.403. The van der Waals surface area contributed by atoms with E-state index in [0.29, 0.717) is 26.2 Å². The van der Waals surface area contributed by atoms with E-state index in [1.807, 2.05) is 60.7 Å². The van der Waals surface area contributed by atoms with Crippen LogP contribution in [-0.4, -0.2) is 33.4 Å². The van der Waals surface area contributed by atoms with Gasteiger partial charge < -0.3 is 13.9 Å². The molecule has 30 heavy (non-hydrogen) atoms. The summed E-state index contributed by atoms with van der Waals surface area (Å²) in [7, 11) is -1.86. The van der Waals surface area contributed by atoms with Crippen LogP contribution in [0, 0.1) is 0 Å². The second kappa shape index (κ2) is 11.6. The number of rotatable bonds is 12. The highest BCUT2D eigenvalue weighted by atomic mass is 28.4. The van der Waals surface area contributed by atoms with Gasteiger partial charge >= 0.3 is 0 Å². The molecule has 0 amide bonds. The topological polar surface area (TPSA) is 44.8 Å². The standard InChI is InChI=1S/C25H36O4Si/c1-25(2,3)30(4,5)29-17-16-24(28-19-22-14-10-7-11-15-22)23(26)20-27-18-21-12-8-6-9-13-21/h6-15,24H,16-20H2,1-5H3/t24-/m0/s1. The third-order valence-corrected chi connectivity index (χ3v) is 10.2. The Morgan fingerprint density at radius 3 is 1.97 bits per heavy atom. The predicted molar refractivity (Wildman–Crippen MR) is 124 cm³/mol. The lowest BCUT2D eigenvalue weighted by Gasteiger charge is -2.36. The number of hydrogen-bond acceptors (Lipinski definition) is 4. The van der Waals surface area contributed by atoms with Gasteiger partial charge in [-0.15, -0.1) is 0 Å². The molecule has 0 aliphatic rings. The maximum Gasteiger partial charge on any atom is 0.191 e. The Bertz CT molecular complexity index is 754. The van der Waals surface area contributed by atoms with Gasteiger partial charge in [-0.1, -0.05) is 81.4 Å². The number of hydrogen-bond donors (Lipinski definition) is 0. The zero-order chi connectivity index (χ0) is 22.0. The highest BCUT2D eigenvalue weighted by Gasteiger charge is 2.37. The van der Waals surface area contributed by atoms with E-state index in [0.717, 1.165) is 11.1 Å². The molecule has 0 spiro atoms. The van der Waals surface area contributed by atoms with Crippen molar-refractivity contribution in [2.45, 2.75) is 64.6 Å². The maximum atomic E-state index is 12.8. The molecule has 0 saturated heterocycles. The van der Waals surface area contributed by atoms with Crippen LogP contribution in [0.25, 0.3) is 0 Å². The van der Waals surface area contributed by atoms with Crippen LogP contribution in [0.2, 0.25) is 18.1 Å². The fourth-order valence-corrected chi connectivity index (χ4v) is 3.74. The Kier molecular flexibility index (Phi) is 9.43. The molecule has 0 bridgehead atoms. The average Bonchev–Trinajstić information content (AvgIpc) is 2.71. The van der Waals surface area contributed by atoms with Crippen LogP contribution < -0.4 is 0 Å². The molecule has 4 nitrogen and oxygen atoms in total. The zero-order valence-electron chi connectivity index (χ0n) is 19.0. The van der Waals surface area contributed by atoms with E-state index in [2.05, 4.69) is 33.9 Å². The van der Waals surface area contributed by atoms with E-state index < -0.39 is 14.4 Å². The largest absolute Gasteiger partial charge is 0.417 e. The van der Waals surface area contributed by atoms with Crippen LogP contribution in [0.5, 0.6) is 0 Å². The fraction of sp³-hybridized carbons (Fsp3) is 0.480. The lowest BCUT2D eigenvalue weighted by molar-refractivity contribution is -0.137. The summed E-state index contributed by atoms with van der Waals surface area (Å²) in [6.45, 7) is 12.4. The average molecular weight is 429 g/mol. The molecule has 164 valence electrons. The summed E-state index contributed by atoms with van der Waals surface area (Å²) in [5, 5.41) is 0.135. The van der Waals surface area contributed by atoms with Gasteiger partial charge in [0.1, 0.15) is 12.7 Å². The summed E-state index contributed by atoms with van der Waals surface area (Å²) in [6, 6.07) is 19.8. The van der Waals surface area contributed by atoms with E-state index in [9.17, 15) is 4.79 Å². The third-order valence-electron chi connectivity index (χ3n) is 5.66. The second-order valence-electron chi connectivity index (χ2n) is 9.13. The minimum Gasteiger partial charge on any atom is -0.417 e. The molecule has 0 saturated carbocycles. The first-order valence-electron chi connectivity index (χ1n) is 10.6. The molecule has 0 radical (unpaired) electrons. The number of Topliss-reactive ketones (excluding diaryl/α,β-unsaturated/α-hetero) is 1. The van der Waals surface area contributed by atoms with E-state index in [-0.39, 0.29) is 17.4 Å². The van der Waals surface area contributed by atoms with E-state index in [4.69, 9.17) is 13.9 Å². The van der Waals surface area contributed by atoms with Crippen molar-refractivity contribution in [3.05, 3.63) is 71.8 Å². The van der Waals surface area contributed by atoms with Crippen LogP contribution in [-0.2, 0) is 31.9 Å². The Morgan fingerprint density at radius 1 is 0.900 bits per heavy atom. The highest BCUT2D eigenvalue weighted by Crippen LogP contribution is 2.36. The van der Waals surface area contributed by atoms with Crippen molar-refractivity contribution in [3.8, 4) is 0 Å². The van der Waals surface area contributed by atoms with Crippen LogP contribution in [0.4, 0.5) is 0 Å². The number of carbonyl (C=O) groups is 1. The first-order chi connectivity index (χ1) is 14.2. The second-order valence-corrected chi connectivity index (χ2v) is 13.9. The summed E-state index contributed by atoms with van der Waals surface area (Å²) < 4.78 is 17.9. The van der Waals surface area contributed by atoms with Gasteiger partial charge in [-0.2, -0.15) is 0 Å². The number of benzene rings is 2. The monoisotopic (exact) mass is 428 g/mol. The zero-order valence-corrected chi connectivity index (χ0v) is 20.0. The lowest BCUT2D eigenvalue weighted by atomic mass is 10.1. The molecule has 0 unspecified atom stereocenters. The Balaban J connectivity index is 1.90. The first kappa shape index (κ1) is 24.5. The summed E-state index contributed by atoms with van der Waals surface area (Å²) in [4.78, 5) is 12.8. The molecule has 2 aromatic carbocycles. The molecule has 2 rings (SSSR count). The van der Waals surface area contributed by atoms with Crippen molar-refractivity contribution in [2.24, 2.45) is 0 Å². The van der Waals surface area contributed by atoms with Gasteiger partial charge in [-0.3, -0.25) is 4.79 Å². The first-order valence-corrected chi connectivity index (χ1v) is 13.5. The Hall–Kier alpha value is -1.79. The van der Waals surface area contributed by atoms with Crippen LogP contribution >= 0.6 is 0 Å². The van der Waals surface area contributed by atoms with Gasteiger partial charge in [0.25, 0.3) is 0 Å². The van der Waals surface area contributed by atoms with Crippen LogP contribution in [0.3, 0.4) is 0 Å². The summed E-state index contributed by atoms with van der Waals surface area (Å²) in [5.41, 5.74) is 2.10. The number of ether oxygens (including phenoxy) is 2. The van der Waals surface area contributed by atoms with E-state index in [1.54, 1.807) is 0 Å². The molecule has 0 N–H and O–H groups in total. The molecule has 5 heteroatoms. The fourth-order valence-electron chi connectivity index (χ4n) is 2.68. The van der Waals surface area contributed by atoms with Gasteiger partial charge in [-0.25, -0.2) is 0 Å². The van der Waals surface area contributed by atoms with Crippen molar-refractivity contribution in [1.29, 1.82) is 0 Å². The van der Waals surface area contributed by atoms with Crippen LogP contribution in [0.15, 0.2) is 60.7 Å². The summed E-state index contributed by atoms with van der Waals surface area (Å²) in [6.07, 6.45) is -0.00175. The molecular weight excluding hydrogens is 392 g/mol. The van der Waals surface area contributed by atoms with Gasteiger partial charge in [0.15, 0.2) is 14.1 Å².